The van der Waals surface area contributed by atoms with Crippen LogP contribution in [0.4, 0.5) is 5.82 Å². The van der Waals surface area contributed by atoms with Crippen LogP contribution in [0.2, 0.25) is 0 Å². The van der Waals surface area contributed by atoms with Crippen molar-refractivity contribution in [2.45, 2.75) is 147 Å². The molecule has 2 aliphatic heterocycles. The Kier molecular flexibility index (Phi) is 26.5. The Morgan fingerprint density at radius 3 is 1.95 bits per heavy atom. The molecule has 3 aliphatic rings. The summed E-state index contributed by atoms with van der Waals surface area (Å²) in [6, 6.07) is 51.5. The Labute approximate surface area is 638 Å². The SMILES string of the molecule is COc1ccc(C(OC[C@H]2O[C@@H](n3cnc4c(NC(=O)c5ccc(CNC(=O)CCCC(=O)OCC6c7ccccc7-c7ccccc76)cc5)ncnc43)C[C@H]2O[PH](O)(OCCC#N)OC[C@H]2O[C@@H](n3cc(C)c(=O)[nH]c3=O)C[C@H]2OP(OCCC#N)N(C(C)C)C(C)C)(c2ccccc2)c2ccc(OC)cc2)cc1. The zero-order chi connectivity index (χ0) is 77.5. The van der Waals surface area contributed by atoms with Gasteiger partial charge >= 0.3 is 489 Å². The summed E-state index contributed by atoms with van der Waals surface area (Å²) < 4.78 is 75.8. The first-order valence-electron chi connectivity index (χ1n) is 36.4. The quantitative estimate of drug-likeness (QED) is 0.0123. The second kappa shape index (κ2) is 36.7. The number of carbonyl (C=O) groups excluding carboxylic acids is 3. The molecule has 3 aromatic heterocycles. The van der Waals surface area contributed by atoms with E-state index in [0.29, 0.717) is 29.0 Å². The fourth-order valence-corrected chi connectivity index (χ4v) is 17.3. The Morgan fingerprint density at radius 2 is 1.32 bits per heavy atom. The van der Waals surface area contributed by atoms with Crippen LogP contribution in [0.1, 0.15) is 140 Å². The van der Waals surface area contributed by atoms with Gasteiger partial charge in [-0.05, 0) is 34.2 Å². The Balaban J connectivity index is 0.784. The van der Waals surface area contributed by atoms with Gasteiger partial charge in [0.25, 0.3) is 0 Å². The van der Waals surface area contributed by atoms with Gasteiger partial charge in [0, 0.05) is 25.3 Å². The van der Waals surface area contributed by atoms with E-state index in [0.717, 1.165) is 33.4 Å². The maximum atomic E-state index is 14.1. The number of hydrogen-bond acceptors (Lipinski definition) is 23. The number of aryl methyl sites for hydroxylation is 1. The van der Waals surface area contributed by atoms with Gasteiger partial charge in [-0.25, -0.2) is 0 Å². The minimum atomic E-state index is -5.07. The Bertz CT molecular complexity index is 4760. The third kappa shape index (κ3) is 18.5. The summed E-state index contributed by atoms with van der Waals surface area (Å²) in [5, 5.41) is 25.2. The molecule has 7 atom stereocenters. The first-order valence-corrected chi connectivity index (χ1v) is 39.2. The standard InChI is InChI=1S/C80H89N11O17P2/c1-51(2)91(52(3)4)109(102-40-16-38-81)107-66-42-71(89-45-53(5)77(94)88-79(89)96)106-69(66)48-104-110(97,103-41-17-39-82)108-67-43-72(105-68(67)47-101-80(56-18-9-8-10-19-56,57-30-34-59(98-6)35-31-57)58-32-36-60(99-7)37-33-58)90-50-86-74-75(84-49-85-76(74)90)87-78(95)55-28-26-54(27-29-55)44-83-70(92)24-15-25-73(93)100-46-65-63-22-13-11-20-61(63)62-21-12-14-23-64(62)65/h8-14,18-23,26-37,45,49-52,65-69,71-72,97,110H,15-17,24-25,40-44,46-48H2,1-7H3,(H,83,92)(H,88,94,96)(H,84,85,87,95)/t66-,67-,68-,69-,71-,72-,109?/m1/s1. The van der Waals surface area contributed by atoms with Gasteiger partial charge in [0.15, 0.2) is 0 Å². The van der Waals surface area contributed by atoms with Crippen molar-refractivity contribution in [1.29, 1.82) is 10.5 Å². The molecular weight excluding hydrogens is 1450 g/mol. The van der Waals surface area contributed by atoms with E-state index < -0.39 is 82.9 Å². The number of rotatable bonds is 36. The van der Waals surface area contributed by atoms with Crippen LogP contribution in [0, 0.1) is 29.6 Å². The van der Waals surface area contributed by atoms with Crippen LogP contribution in [0.3, 0.4) is 0 Å². The van der Waals surface area contributed by atoms with Crippen molar-refractivity contribution < 1.29 is 70.3 Å². The molecule has 110 heavy (non-hydrogen) atoms. The van der Waals surface area contributed by atoms with Crippen molar-refractivity contribution in [3.8, 4) is 34.8 Å². The number of imidazole rings is 1. The van der Waals surface area contributed by atoms with Crippen LogP contribution < -0.4 is 31.4 Å². The van der Waals surface area contributed by atoms with Crippen LogP contribution in [0.5, 0.6) is 11.5 Å². The fourth-order valence-electron chi connectivity index (χ4n) is 14.0. The first kappa shape index (κ1) is 79.5. The van der Waals surface area contributed by atoms with Gasteiger partial charge in [0.05, 0.1) is 0 Å². The number of nitrogens with one attached hydrogen (secondary N) is 3. The number of H-pyrrole nitrogens is 1. The maximum absolute atomic E-state index is 14.1. The molecule has 1 aliphatic carbocycles. The third-order valence-corrected chi connectivity index (χ3v) is 23.2. The molecule has 2 fully saturated rings. The van der Waals surface area contributed by atoms with E-state index in [1.54, 1.807) is 50.0 Å². The molecule has 5 heterocycles. The number of ether oxygens (including phenoxy) is 6. The number of methoxy groups -OCH3 is 2. The number of nitrogens with zero attached hydrogens (tertiary/aromatic N) is 8. The summed E-state index contributed by atoms with van der Waals surface area (Å²) >= 11 is 0. The van der Waals surface area contributed by atoms with Gasteiger partial charge in [0.2, 0.25) is 5.91 Å². The molecule has 9 aromatic rings. The minimum absolute atomic E-state index is 0.0337. The van der Waals surface area contributed by atoms with Crippen LogP contribution in [0.25, 0.3) is 22.3 Å². The number of nitriles is 2. The van der Waals surface area contributed by atoms with E-state index in [-0.39, 0.29) is 129 Å². The number of anilines is 1. The molecule has 28 nitrogen and oxygen atoms in total. The van der Waals surface area contributed by atoms with Crippen molar-refractivity contribution in [1.82, 2.24) is 39.1 Å². The molecule has 1 unspecified atom stereocenters. The van der Waals surface area contributed by atoms with Crippen molar-refractivity contribution in [2.24, 2.45) is 0 Å². The number of aromatic nitrogens is 6. The molecule has 0 bridgehead atoms. The van der Waals surface area contributed by atoms with Crippen LogP contribution >= 0.6 is 16.7 Å². The number of hydrogen-bond donors (Lipinski definition) is 4. The van der Waals surface area contributed by atoms with Gasteiger partial charge in [-0.3, -0.25) is 9.59 Å². The monoisotopic (exact) mass is 1540 g/mol. The van der Waals surface area contributed by atoms with Crippen molar-refractivity contribution in [2.75, 3.05) is 52.6 Å². The Morgan fingerprint density at radius 1 is 0.718 bits per heavy atom. The van der Waals surface area contributed by atoms with E-state index in [2.05, 4.69) is 62.0 Å². The van der Waals surface area contributed by atoms with Crippen molar-refractivity contribution >= 4 is 51.5 Å². The molecule has 0 spiro atoms. The Hall–Kier alpha value is -10.0. The third-order valence-electron chi connectivity index (χ3n) is 19.3. The van der Waals surface area contributed by atoms with Gasteiger partial charge in [-0.2, -0.15) is 0 Å². The predicted octanol–water partition coefficient (Wildman–Crippen LogP) is 12.1. The van der Waals surface area contributed by atoms with Crippen molar-refractivity contribution in [3.63, 3.8) is 0 Å². The summed E-state index contributed by atoms with van der Waals surface area (Å²) in [5.41, 5.74) is 5.66. The second-order valence-electron chi connectivity index (χ2n) is 27.2. The van der Waals surface area contributed by atoms with E-state index in [1.165, 1.54) is 23.4 Å². The molecule has 2 saturated heterocycles. The van der Waals surface area contributed by atoms with Gasteiger partial charge in [-0.15, -0.1) is 0 Å². The van der Waals surface area contributed by atoms with Crippen molar-refractivity contribution in [3.05, 3.63) is 236 Å². The molecule has 576 valence electrons. The average Bonchev–Trinajstić information content (AvgIpc) is 1.44. The average molecular weight is 1540 g/mol. The zero-order valence-corrected chi connectivity index (χ0v) is 64.0. The topological polar surface area (TPSA) is 346 Å². The summed E-state index contributed by atoms with van der Waals surface area (Å²) in [5.74, 6) is 0.0821. The van der Waals surface area contributed by atoms with E-state index in [4.69, 9.17) is 56.0 Å². The molecule has 30 heteroatoms. The number of fused-ring (bicyclic) bond motifs is 4. The molecule has 6 aromatic carbocycles. The van der Waals surface area contributed by atoms with Gasteiger partial charge in [-0.1, -0.05) is 60.7 Å². The normalized spacial score (nSPS) is 18.0. The van der Waals surface area contributed by atoms with Gasteiger partial charge in [0.1, 0.15) is 6.61 Å². The number of aromatic amines is 1. The molecule has 0 saturated carbocycles. The van der Waals surface area contributed by atoms with Crippen LogP contribution in [0.15, 0.2) is 180 Å². The van der Waals surface area contributed by atoms with Crippen LogP contribution in [-0.4, -0.2) is 140 Å². The number of esters is 1. The molecule has 12 rings (SSSR count). The van der Waals surface area contributed by atoms with Crippen LogP contribution in [-0.2, 0) is 63.3 Å². The summed E-state index contributed by atoms with van der Waals surface area (Å²) in [6.07, 6.45) is -1.74. The summed E-state index contributed by atoms with van der Waals surface area (Å²) in [7, 11) is -3.83. The fraction of sp³-hybridized carbons (Fsp3) is 0.375. The number of benzene rings is 6. The van der Waals surface area contributed by atoms with Gasteiger partial charge < -0.3 is 10.1 Å². The number of amides is 2. The van der Waals surface area contributed by atoms with E-state index >= 15 is 0 Å². The zero-order valence-electron chi connectivity index (χ0n) is 62.1. The first-order chi connectivity index (χ1) is 53.3. The molecule has 0 radical (unpaired) electrons. The van der Waals surface area contributed by atoms with E-state index in [1.807, 2.05) is 135 Å². The molecular formula is C80H89N11O17P2. The number of carbonyl (C=O) groups is 3. The summed E-state index contributed by atoms with van der Waals surface area (Å²) in [4.78, 5) is 95.3. The summed E-state index contributed by atoms with van der Waals surface area (Å²) in [6.45, 7) is 8.88. The predicted molar refractivity (Wildman–Crippen MR) is 409 cm³/mol. The molecule has 4 N–H and O–H groups in total. The second-order valence-corrected chi connectivity index (χ2v) is 30.5. The molecule has 2 amide bonds. The van der Waals surface area contributed by atoms with E-state index in [9.17, 15) is 39.4 Å².